The topological polar surface area (TPSA) is 38.9 Å². The van der Waals surface area contributed by atoms with Gasteiger partial charge in [-0.25, -0.2) is 0 Å². The number of rotatable bonds is 3. The van der Waals surface area contributed by atoms with Crippen LogP contribution in [-0.2, 0) is 6.42 Å². The number of hydrogen-bond acceptors (Lipinski definition) is 3. The standard InChI is InChI=1S/C12H13BrN2S/c1-8-3-2-4-15-11(8)6-10(14)9-5-12(13)16-7-9/h2-5,7,10H,6,14H2,1H3. The summed E-state index contributed by atoms with van der Waals surface area (Å²) >= 11 is 5.11. The Morgan fingerprint density at radius 3 is 3.00 bits per heavy atom. The predicted molar refractivity (Wildman–Crippen MR) is 71.6 cm³/mol. The van der Waals surface area contributed by atoms with Crippen LogP contribution < -0.4 is 5.73 Å². The van der Waals surface area contributed by atoms with Crippen molar-refractivity contribution in [3.8, 4) is 0 Å². The highest BCUT2D eigenvalue weighted by Crippen LogP contribution is 2.26. The van der Waals surface area contributed by atoms with E-state index in [1.807, 2.05) is 12.3 Å². The van der Waals surface area contributed by atoms with Crippen LogP contribution in [0, 0.1) is 6.92 Å². The van der Waals surface area contributed by atoms with Crippen molar-refractivity contribution in [3.63, 3.8) is 0 Å². The lowest BCUT2D eigenvalue weighted by atomic mass is 10.0. The van der Waals surface area contributed by atoms with Crippen LogP contribution in [0.4, 0.5) is 0 Å². The van der Waals surface area contributed by atoms with Gasteiger partial charge in [0.2, 0.25) is 0 Å². The monoisotopic (exact) mass is 296 g/mol. The van der Waals surface area contributed by atoms with Crippen molar-refractivity contribution in [1.29, 1.82) is 0 Å². The fourth-order valence-corrected chi connectivity index (χ4v) is 2.82. The van der Waals surface area contributed by atoms with Gasteiger partial charge in [-0.3, -0.25) is 4.98 Å². The van der Waals surface area contributed by atoms with E-state index in [9.17, 15) is 0 Å². The van der Waals surface area contributed by atoms with Crippen LogP contribution >= 0.6 is 27.3 Å². The molecule has 0 aliphatic rings. The fourth-order valence-electron chi connectivity index (χ4n) is 1.58. The van der Waals surface area contributed by atoms with E-state index in [0.29, 0.717) is 0 Å². The summed E-state index contributed by atoms with van der Waals surface area (Å²) in [6.07, 6.45) is 2.61. The number of aryl methyl sites for hydroxylation is 1. The van der Waals surface area contributed by atoms with E-state index >= 15 is 0 Å². The number of halogens is 1. The Hall–Kier alpha value is -0.710. The molecule has 1 atom stereocenters. The first-order valence-electron chi connectivity index (χ1n) is 5.07. The molecule has 0 saturated carbocycles. The molecule has 0 bridgehead atoms. The van der Waals surface area contributed by atoms with Crippen LogP contribution in [0.2, 0.25) is 0 Å². The maximum absolute atomic E-state index is 6.16. The Kier molecular flexibility index (Phi) is 3.74. The largest absolute Gasteiger partial charge is 0.324 e. The first kappa shape index (κ1) is 11.8. The lowest BCUT2D eigenvalue weighted by Crippen LogP contribution is -2.14. The number of aromatic nitrogens is 1. The molecule has 16 heavy (non-hydrogen) atoms. The number of nitrogens with zero attached hydrogens (tertiary/aromatic N) is 1. The Morgan fingerprint density at radius 1 is 1.56 bits per heavy atom. The van der Waals surface area contributed by atoms with Crippen LogP contribution in [0.3, 0.4) is 0 Å². The van der Waals surface area contributed by atoms with E-state index in [4.69, 9.17) is 5.73 Å². The first-order valence-corrected chi connectivity index (χ1v) is 6.74. The van der Waals surface area contributed by atoms with Crippen molar-refractivity contribution in [2.75, 3.05) is 0 Å². The second-order valence-electron chi connectivity index (χ2n) is 3.76. The van der Waals surface area contributed by atoms with Crippen LogP contribution in [0.25, 0.3) is 0 Å². The van der Waals surface area contributed by atoms with Gasteiger partial charge in [0.05, 0.1) is 3.79 Å². The van der Waals surface area contributed by atoms with Crippen molar-refractivity contribution in [3.05, 3.63) is 50.4 Å². The molecule has 0 aliphatic heterocycles. The van der Waals surface area contributed by atoms with E-state index in [1.54, 1.807) is 11.3 Å². The van der Waals surface area contributed by atoms with Crippen LogP contribution in [0.1, 0.15) is 22.9 Å². The highest BCUT2D eigenvalue weighted by molar-refractivity contribution is 9.11. The minimum absolute atomic E-state index is 0.0242. The summed E-state index contributed by atoms with van der Waals surface area (Å²) < 4.78 is 1.12. The first-order chi connectivity index (χ1) is 7.66. The number of pyridine rings is 1. The molecule has 4 heteroatoms. The highest BCUT2D eigenvalue weighted by atomic mass is 79.9. The van der Waals surface area contributed by atoms with Gasteiger partial charge in [-0.15, -0.1) is 11.3 Å². The molecule has 0 fully saturated rings. The molecule has 1 unspecified atom stereocenters. The van der Waals surface area contributed by atoms with E-state index in [0.717, 1.165) is 15.9 Å². The van der Waals surface area contributed by atoms with Crippen LogP contribution in [0.5, 0.6) is 0 Å². The third-order valence-corrected chi connectivity index (χ3v) is 4.07. The molecule has 0 radical (unpaired) electrons. The number of hydrogen-bond donors (Lipinski definition) is 1. The summed E-state index contributed by atoms with van der Waals surface area (Å²) in [5.74, 6) is 0. The second kappa shape index (κ2) is 5.08. The van der Waals surface area contributed by atoms with E-state index < -0.39 is 0 Å². The minimum atomic E-state index is 0.0242. The van der Waals surface area contributed by atoms with Gasteiger partial charge in [0, 0.05) is 24.4 Å². The van der Waals surface area contributed by atoms with Crippen molar-refractivity contribution >= 4 is 27.3 Å². The summed E-state index contributed by atoms with van der Waals surface area (Å²) in [6, 6.07) is 6.12. The zero-order valence-corrected chi connectivity index (χ0v) is 11.4. The normalized spacial score (nSPS) is 12.7. The minimum Gasteiger partial charge on any atom is -0.324 e. The molecule has 0 saturated heterocycles. The smallest absolute Gasteiger partial charge is 0.0701 e. The Labute approximate surface area is 108 Å². The van der Waals surface area contributed by atoms with E-state index in [2.05, 4.69) is 45.4 Å². The molecule has 0 aromatic carbocycles. The molecular weight excluding hydrogens is 284 g/mol. The average Bonchev–Trinajstić information content (AvgIpc) is 2.68. The van der Waals surface area contributed by atoms with Crippen LogP contribution in [-0.4, -0.2) is 4.98 Å². The lowest BCUT2D eigenvalue weighted by molar-refractivity contribution is 0.705. The summed E-state index contributed by atoms with van der Waals surface area (Å²) in [4.78, 5) is 4.36. The zero-order valence-electron chi connectivity index (χ0n) is 8.98. The Bertz CT molecular complexity index is 481. The SMILES string of the molecule is Cc1cccnc1CC(N)c1csc(Br)c1. The molecule has 2 aromatic rings. The lowest BCUT2D eigenvalue weighted by Gasteiger charge is -2.10. The van der Waals surface area contributed by atoms with Gasteiger partial charge in [0.25, 0.3) is 0 Å². The molecule has 2 nitrogen and oxygen atoms in total. The third-order valence-electron chi connectivity index (χ3n) is 2.55. The Morgan fingerprint density at radius 2 is 2.38 bits per heavy atom. The van der Waals surface area contributed by atoms with Crippen molar-refractivity contribution in [1.82, 2.24) is 4.98 Å². The second-order valence-corrected chi connectivity index (χ2v) is 6.05. The molecule has 84 valence electrons. The van der Waals surface area contributed by atoms with Gasteiger partial charge in [0.15, 0.2) is 0 Å². The highest BCUT2D eigenvalue weighted by Gasteiger charge is 2.11. The van der Waals surface area contributed by atoms with Crippen molar-refractivity contribution in [2.45, 2.75) is 19.4 Å². The maximum atomic E-state index is 6.16. The van der Waals surface area contributed by atoms with E-state index in [1.165, 1.54) is 11.1 Å². The molecule has 0 aliphatic carbocycles. The van der Waals surface area contributed by atoms with Crippen molar-refractivity contribution < 1.29 is 0 Å². The van der Waals surface area contributed by atoms with Gasteiger partial charge in [-0.1, -0.05) is 6.07 Å². The van der Waals surface area contributed by atoms with Gasteiger partial charge in [-0.05, 0) is 51.5 Å². The third kappa shape index (κ3) is 2.70. The molecule has 0 amide bonds. The quantitative estimate of drug-likeness (QED) is 0.942. The summed E-state index contributed by atoms with van der Waals surface area (Å²) in [5.41, 5.74) is 9.61. The average molecular weight is 297 g/mol. The molecular formula is C12H13BrN2S. The molecule has 0 spiro atoms. The summed E-state index contributed by atoms with van der Waals surface area (Å²) in [7, 11) is 0. The summed E-state index contributed by atoms with van der Waals surface area (Å²) in [5, 5.41) is 2.09. The maximum Gasteiger partial charge on any atom is 0.0701 e. The molecule has 2 rings (SSSR count). The zero-order chi connectivity index (χ0) is 11.5. The van der Waals surface area contributed by atoms with Crippen molar-refractivity contribution in [2.24, 2.45) is 5.73 Å². The fraction of sp³-hybridized carbons (Fsp3) is 0.250. The van der Waals surface area contributed by atoms with E-state index in [-0.39, 0.29) is 6.04 Å². The molecule has 2 heterocycles. The van der Waals surface area contributed by atoms with Gasteiger partial charge >= 0.3 is 0 Å². The number of nitrogens with two attached hydrogens (primary N) is 1. The number of thiophene rings is 1. The van der Waals surface area contributed by atoms with Gasteiger partial charge in [-0.2, -0.15) is 0 Å². The molecule has 2 N–H and O–H groups in total. The van der Waals surface area contributed by atoms with Gasteiger partial charge in [0.1, 0.15) is 0 Å². The molecule has 2 aromatic heterocycles. The van der Waals surface area contributed by atoms with Crippen LogP contribution in [0.15, 0.2) is 33.6 Å². The summed E-state index contributed by atoms with van der Waals surface area (Å²) in [6.45, 7) is 2.07. The van der Waals surface area contributed by atoms with Gasteiger partial charge < -0.3 is 5.73 Å². The Balaban J connectivity index is 2.13. The predicted octanol–water partition coefficient (Wildman–Crippen LogP) is 3.46.